The monoisotopic (exact) mass is 729 g/mol. The molecule has 5 heteroatoms. The molecule has 0 saturated carbocycles. The number of rotatable bonds is 7. The van der Waals surface area contributed by atoms with E-state index in [1.54, 1.807) is 0 Å². The van der Waals surface area contributed by atoms with E-state index in [1.165, 1.54) is 16.3 Å². The molecule has 268 valence electrons. The minimum absolute atomic E-state index is 0.0771. The molecule has 4 nitrogen and oxygen atoms in total. The Hall–Kier alpha value is -7.50. The van der Waals surface area contributed by atoms with Crippen LogP contribution in [0.25, 0.3) is 10.8 Å². The molecule has 0 amide bonds. The van der Waals surface area contributed by atoms with E-state index in [2.05, 4.69) is 233 Å². The van der Waals surface area contributed by atoms with Gasteiger partial charge in [-0.25, -0.2) is 0 Å². The summed E-state index contributed by atoms with van der Waals surface area (Å²) in [5, 5.41) is 2.34. The number of nitrogens with zero attached hydrogens (tertiary/aromatic N) is 3. The molecule has 0 spiro atoms. The van der Waals surface area contributed by atoms with Gasteiger partial charge in [-0.3, -0.25) is 0 Å². The topological polar surface area (TPSA) is 19.0 Å². The average Bonchev–Trinajstić information content (AvgIpc) is 3.28. The molecule has 2 aliphatic rings. The molecule has 9 aromatic rings. The minimum atomic E-state index is -0.0771. The van der Waals surface area contributed by atoms with Crippen LogP contribution in [0.5, 0.6) is 11.5 Å². The van der Waals surface area contributed by atoms with Crippen molar-refractivity contribution in [3.8, 4) is 11.5 Å². The van der Waals surface area contributed by atoms with Crippen LogP contribution in [0.15, 0.2) is 218 Å². The van der Waals surface area contributed by atoms with Crippen molar-refractivity contribution in [2.45, 2.75) is 0 Å². The van der Waals surface area contributed by atoms with Crippen LogP contribution >= 0.6 is 0 Å². The fourth-order valence-corrected chi connectivity index (χ4v) is 8.88. The van der Waals surface area contributed by atoms with E-state index in [4.69, 9.17) is 4.74 Å². The van der Waals surface area contributed by atoms with Crippen molar-refractivity contribution in [3.63, 3.8) is 0 Å². The molecule has 57 heavy (non-hydrogen) atoms. The average molecular weight is 730 g/mol. The molecular formula is C52H36BN3O. The second-order valence-electron chi connectivity index (χ2n) is 14.5. The Morgan fingerprint density at radius 1 is 0.368 bits per heavy atom. The smallest absolute Gasteiger partial charge is 0.257 e. The van der Waals surface area contributed by atoms with Crippen molar-refractivity contribution in [3.05, 3.63) is 218 Å². The largest absolute Gasteiger partial charge is 0.458 e. The molecule has 0 unspecified atom stereocenters. The van der Waals surface area contributed by atoms with Crippen molar-refractivity contribution in [2.75, 3.05) is 14.7 Å². The van der Waals surface area contributed by atoms with E-state index in [-0.39, 0.29) is 6.71 Å². The molecule has 9 aromatic carbocycles. The van der Waals surface area contributed by atoms with Gasteiger partial charge in [0, 0.05) is 57.3 Å². The van der Waals surface area contributed by atoms with Crippen LogP contribution in [-0.2, 0) is 0 Å². The summed E-state index contributed by atoms with van der Waals surface area (Å²) in [6, 6.07) is 77.7. The molecule has 0 atom stereocenters. The Morgan fingerprint density at radius 3 is 1.44 bits per heavy atom. The Kier molecular flexibility index (Phi) is 7.89. The zero-order valence-corrected chi connectivity index (χ0v) is 31.1. The third-order valence-corrected chi connectivity index (χ3v) is 11.2. The van der Waals surface area contributed by atoms with Crippen LogP contribution in [0, 0.1) is 0 Å². The van der Waals surface area contributed by atoms with E-state index in [0.29, 0.717) is 0 Å². The summed E-state index contributed by atoms with van der Waals surface area (Å²) < 4.78 is 7.38. The van der Waals surface area contributed by atoms with E-state index < -0.39 is 0 Å². The first-order valence-corrected chi connectivity index (χ1v) is 19.5. The summed E-state index contributed by atoms with van der Waals surface area (Å²) in [6.07, 6.45) is 0. The normalized spacial score (nSPS) is 12.3. The lowest BCUT2D eigenvalue weighted by Gasteiger charge is -2.41. The predicted molar refractivity (Wildman–Crippen MR) is 239 cm³/mol. The fraction of sp³-hybridized carbons (Fsp3) is 0. The van der Waals surface area contributed by atoms with Gasteiger partial charge in [0.25, 0.3) is 6.71 Å². The number of ether oxygens (including phenoxy) is 1. The highest BCUT2D eigenvalue weighted by Gasteiger charge is 2.44. The van der Waals surface area contributed by atoms with Crippen molar-refractivity contribution in [2.24, 2.45) is 0 Å². The van der Waals surface area contributed by atoms with Gasteiger partial charge in [0.05, 0.1) is 11.4 Å². The van der Waals surface area contributed by atoms with E-state index >= 15 is 0 Å². The lowest BCUT2D eigenvalue weighted by molar-refractivity contribution is 0.488. The summed E-state index contributed by atoms with van der Waals surface area (Å²) in [5.74, 6) is 1.70. The van der Waals surface area contributed by atoms with Crippen molar-refractivity contribution in [1.29, 1.82) is 0 Å². The number of benzene rings is 9. The summed E-state index contributed by atoms with van der Waals surface area (Å²) in [6.45, 7) is -0.0771. The Morgan fingerprint density at radius 2 is 0.842 bits per heavy atom. The van der Waals surface area contributed by atoms with Crippen molar-refractivity contribution >= 4 is 85.1 Å². The molecule has 0 bridgehead atoms. The van der Waals surface area contributed by atoms with Crippen LogP contribution < -0.4 is 35.8 Å². The first kappa shape index (κ1) is 32.9. The van der Waals surface area contributed by atoms with Gasteiger partial charge in [-0.1, -0.05) is 133 Å². The molecule has 2 aliphatic heterocycles. The van der Waals surface area contributed by atoms with Gasteiger partial charge >= 0.3 is 0 Å². The Bertz CT molecular complexity index is 2810. The van der Waals surface area contributed by atoms with Gasteiger partial charge in [0.15, 0.2) is 0 Å². The fourth-order valence-electron chi connectivity index (χ4n) is 8.88. The second-order valence-corrected chi connectivity index (χ2v) is 14.5. The Balaban J connectivity index is 1.21. The summed E-state index contributed by atoms with van der Waals surface area (Å²) in [5.41, 5.74) is 13.3. The minimum Gasteiger partial charge on any atom is -0.458 e. The maximum Gasteiger partial charge on any atom is 0.257 e. The van der Waals surface area contributed by atoms with Gasteiger partial charge in [-0.2, -0.15) is 0 Å². The molecule has 0 aliphatic carbocycles. The summed E-state index contributed by atoms with van der Waals surface area (Å²) in [7, 11) is 0. The number of anilines is 9. The number of hydrogen-bond acceptors (Lipinski definition) is 4. The van der Waals surface area contributed by atoms with Crippen molar-refractivity contribution in [1.82, 2.24) is 0 Å². The number of fused-ring (bicyclic) bond motifs is 6. The lowest BCUT2D eigenvalue weighted by atomic mass is 9.33. The zero-order chi connectivity index (χ0) is 37.7. The van der Waals surface area contributed by atoms with Crippen LogP contribution in [0.2, 0.25) is 0 Å². The standard InChI is InChI=1S/C52H36BN3O/c1-6-20-37(21-7-1)54(38-22-8-2-9-23-38)42-34-48-52-49(35-42)57-50-36-47(55(39-24-10-3-11-25-39)40-26-12-4-13-27-40)43-30-16-17-31-44(43)51(50)53(52)45-32-18-19-33-46(45)56(48)41-28-14-5-15-29-41/h1-36H. The molecule has 0 radical (unpaired) electrons. The molecule has 0 aromatic heterocycles. The summed E-state index contributed by atoms with van der Waals surface area (Å²) >= 11 is 0. The maximum absolute atomic E-state index is 7.38. The van der Waals surface area contributed by atoms with Gasteiger partial charge in [0.2, 0.25) is 0 Å². The molecule has 0 N–H and O–H groups in total. The first-order valence-electron chi connectivity index (χ1n) is 19.5. The molecule has 11 rings (SSSR count). The van der Waals surface area contributed by atoms with Gasteiger partial charge < -0.3 is 19.4 Å². The third-order valence-electron chi connectivity index (χ3n) is 11.2. The molecule has 0 fully saturated rings. The Labute approximate surface area is 333 Å². The zero-order valence-electron chi connectivity index (χ0n) is 31.1. The van der Waals surface area contributed by atoms with Crippen molar-refractivity contribution < 1.29 is 4.74 Å². The van der Waals surface area contributed by atoms with E-state index in [1.807, 2.05) is 0 Å². The van der Waals surface area contributed by atoms with E-state index in [0.717, 1.165) is 73.5 Å². The second kappa shape index (κ2) is 13.7. The van der Waals surface area contributed by atoms with Crippen LogP contribution in [0.3, 0.4) is 0 Å². The molecule has 0 saturated heterocycles. The SMILES string of the molecule is c1ccc(N(c2ccccc2)c2cc3c4c(c2)N(c2ccccc2)c2ccccc2B4c2c(cc(N(c4ccccc4)c4ccccc4)c4ccccc24)O3)cc1. The third kappa shape index (κ3) is 5.47. The van der Waals surface area contributed by atoms with Crippen LogP contribution in [0.1, 0.15) is 0 Å². The highest BCUT2D eigenvalue weighted by atomic mass is 16.5. The maximum atomic E-state index is 7.38. The lowest BCUT2D eigenvalue weighted by Crippen LogP contribution is -2.59. The van der Waals surface area contributed by atoms with E-state index in [9.17, 15) is 0 Å². The molecular weight excluding hydrogens is 693 g/mol. The van der Waals surface area contributed by atoms with Crippen LogP contribution in [-0.4, -0.2) is 6.71 Å². The van der Waals surface area contributed by atoms with Gasteiger partial charge in [-0.15, -0.1) is 0 Å². The molecule has 2 heterocycles. The number of hydrogen-bond donors (Lipinski definition) is 0. The van der Waals surface area contributed by atoms with Crippen LogP contribution in [0.4, 0.5) is 51.2 Å². The number of para-hydroxylation sites is 6. The van der Waals surface area contributed by atoms with Gasteiger partial charge in [0.1, 0.15) is 11.5 Å². The highest BCUT2D eigenvalue weighted by Crippen LogP contribution is 2.48. The summed E-state index contributed by atoms with van der Waals surface area (Å²) in [4.78, 5) is 7.09. The first-order chi connectivity index (χ1) is 28.3. The highest BCUT2D eigenvalue weighted by molar-refractivity contribution is 7.00. The van der Waals surface area contributed by atoms with Gasteiger partial charge in [-0.05, 0) is 94.6 Å². The predicted octanol–water partition coefficient (Wildman–Crippen LogP) is 12.2. The quantitative estimate of drug-likeness (QED) is 0.152.